The Kier molecular flexibility index (Phi) is 8.04. The van der Waals surface area contributed by atoms with Crippen molar-refractivity contribution in [2.24, 2.45) is 5.92 Å². The van der Waals surface area contributed by atoms with Crippen LogP contribution in [0.25, 0.3) is 0 Å². The number of amides is 2. The molecule has 0 aliphatic heterocycles. The molecule has 0 unspecified atom stereocenters. The lowest BCUT2D eigenvalue weighted by atomic mass is 9.98. The van der Waals surface area contributed by atoms with Gasteiger partial charge in [-0.05, 0) is 17.5 Å². The molecule has 0 spiro atoms. The number of hydrogen-bond acceptors (Lipinski definition) is 4. The maximum absolute atomic E-state index is 13.9. The highest BCUT2D eigenvalue weighted by Gasteiger charge is 2.30. The molecule has 0 aliphatic carbocycles. The fraction of sp³-hybridized carbons (Fsp3) is 0.500. The van der Waals surface area contributed by atoms with Gasteiger partial charge in [0.25, 0.3) is 0 Å². The van der Waals surface area contributed by atoms with Crippen LogP contribution in [0.5, 0.6) is 0 Å². The Hall–Kier alpha value is -2.44. The molecule has 2 N–H and O–H groups in total. The Bertz CT molecular complexity index is 621. The predicted molar refractivity (Wildman–Crippen MR) is 91.1 cm³/mol. The van der Waals surface area contributed by atoms with Crippen molar-refractivity contribution in [3.05, 3.63) is 35.6 Å². The van der Waals surface area contributed by atoms with Crippen molar-refractivity contribution in [3.8, 4) is 0 Å². The van der Waals surface area contributed by atoms with Crippen molar-refractivity contribution >= 4 is 17.8 Å². The molecule has 0 saturated carbocycles. The number of halogens is 1. The molecule has 25 heavy (non-hydrogen) atoms. The lowest BCUT2D eigenvalue weighted by molar-refractivity contribution is -0.146. The van der Waals surface area contributed by atoms with Crippen LogP contribution in [-0.4, -0.2) is 37.0 Å². The lowest BCUT2D eigenvalue weighted by Gasteiger charge is -2.25. The Balaban J connectivity index is 2.97. The van der Waals surface area contributed by atoms with Crippen LogP contribution >= 0.6 is 0 Å². The standard InChI is InChI=1S/C18H25FN2O4/c1-5-11(2)16(18(24)25-4)21-17(23)15(20-12(3)22)10-13-8-6-7-9-14(13)19/h6-9,11,15-16H,5,10H2,1-4H3,(H,20,22)(H,21,23)/t11-,15-,16+/m0/s1. The van der Waals surface area contributed by atoms with Crippen LogP contribution in [0.1, 0.15) is 32.8 Å². The summed E-state index contributed by atoms with van der Waals surface area (Å²) in [5, 5.41) is 5.12. The summed E-state index contributed by atoms with van der Waals surface area (Å²) in [4.78, 5) is 35.9. The van der Waals surface area contributed by atoms with Gasteiger partial charge in [-0.15, -0.1) is 0 Å². The highest BCUT2D eigenvalue weighted by atomic mass is 19.1. The summed E-state index contributed by atoms with van der Waals surface area (Å²) in [6.07, 6.45) is 0.630. The van der Waals surface area contributed by atoms with Gasteiger partial charge in [-0.2, -0.15) is 0 Å². The summed E-state index contributed by atoms with van der Waals surface area (Å²) in [6.45, 7) is 4.97. The van der Waals surface area contributed by atoms with Crippen LogP contribution in [0, 0.1) is 11.7 Å². The van der Waals surface area contributed by atoms with Gasteiger partial charge in [-0.1, -0.05) is 38.5 Å². The molecular weight excluding hydrogens is 327 g/mol. The number of carbonyl (C=O) groups excluding carboxylic acids is 3. The van der Waals surface area contributed by atoms with Gasteiger partial charge >= 0.3 is 5.97 Å². The van der Waals surface area contributed by atoms with E-state index in [1.807, 2.05) is 13.8 Å². The summed E-state index contributed by atoms with van der Waals surface area (Å²) in [7, 11) is 1.24. The van der Waals surface area contributed by atoms with Crippen molar-refractivity contribution in [1.29, 1.82) is 0 Å². The number of esters is 1. The summed E-state index contributed by atoms with van der Waals surface area (Å²) in [5.41, 5.74) is 0.301. The molecule has 0 bridgehead atoms. The number of carbonyl (C=O) groups is 3. The van der Waals surface area contributed by atoms with Gasteiger partial charge in [-0.25, -0.2) is 9.18 Å². The summed E-state index contributed by atoms with van der Waals surface area (Å²) < 4.78 is 18.6. The average molecular weight is 352 g/mol. The zero-order chi connectivity index (χ0) is 19.0. The Labute approximate surface area is 147 Å². The quantitative estimate of drug-likeness (QED) is 0.696. The van der Waals surface area contributed by atoms with Gasteiger partial charge < -0.3 is 15.4 Å². The summed E-state index contributed by atoms with van der Waals surface area (Å²) in [5.74, 6) is -2.15. The third kappa shape index (κ3) is 6.17. The molecule has 0 fully saturated rings. The predicted octanol–water partition coefficient (Wildman–Crippen LogP) is 1.58. The minimum absolute atomic E-state index is 0.0213. The van der Waals surface area contributed by atoms with E-state index in [1.54, 1.807) is 18.2 Å². The summed E-state index contributed by atoms with van der Waals surface area (Å²) in [6, 6.07) is 4.20. The molecule has 3 atom stereocenters. The van der Waals surface area contributed by atoms with Crippen LogP contribution in [0.3, 0.4) is 0 Å². The largest absolute Gasteiger partial charge is 0.467 e. The SMILES string of the molecule is CC[C@H](C)[C@@H](NC(=O)[C@H](Cc1ccccc1F)NC(C)=O)C(=O)OC. The molecule has 0 heterocycles. The molecule has 7 heteroatoms. The molecule has 0 aromatic heterocycles. The molecule has 0 saturated heterocycles. The van der Waals surface area contributed by atoms with Crippen molar-refractivity contribution in [3.63, 3.8) is 0 Å². The molecule has 6 nitrogen and oxygen atoms in total. The van der Waals surface area contributed by atoms with E-state index in [-0.39, 0.29) is 12.3 Å². The van der Waals surface area contributed by atoms with Gasteiger partial charge in [0.15, 0.2) is 0 Å². The minimum Gasteiger partial charge on any atom is -0.467 e. The van der Waals surface area contributed by atoms with E-state index < -0.39 is 35.7 Å². The van der Waals surface area contributed by atoms with E-state index in [0.717, 1.165) is 0 Å². The van der Waals surface area contributed by atoms with E-state index in [1.165, 1.54) is 20.1 Å². The third-order valence-electron chi connectivity index (χ3n) is 4.04. The second kappa shape index (κ2) is 9.76. The Morgan fingerprint density at radius 2 is 1.84 bits per heavy atom. The fourth-order valence-electron chi connectivity index (χ4n) is 2.39. The van der Waals surface area contributed by atoms with E-state index in [4.69, 9.17) is 4.74 Å². The maximum atomic E-state index is 13.9. The van der Waals surface area contributed by atoms with Crippen molar-refractivity contribution in [2.75, 3.05) is 7.11 Å². The van der Waals surface area contributed by atoms with Gasteiger partial charge in [0, 0.05) is 13.3 Å². The lowest BCUT2D eigenvalue weighted by Crippen LogP contribution is -2.54. The van der Waals surface area contributed by atoms with E-state index in [9.17, 15) is 18.8 Å². The van der Waals surface area contributed by atoms with Crippen LogP contribution in [0.15, 0.2) is 24.3 Å². The number of rotatable bonds is 8. The fourth-order valence-corrected chi connectivity index (χ4v) is 2.39. The molecule has 1 aromatic rings. The van der Waals surface area contributed by atoms with Gasteiger partial charge in [0.2, 0.25) is 11.8 Å². The normalized spacial score (nSPS) is 14.1. The molecule has 1 aromatic carbocycles. The first kappa shape index (κ1) is 20.6. The maximum Gasteiger partial charge on any atom is 0.328 e. The topological polar surface area (TPSA) is 84.5 Å². The molecule has 138 valence electrons. The van der Waals surface area contributed by atoms with Crippen molar-refractivity contribution in [1.82, 2.24) is 10.6 Å². The molecule has 0 radical (unpaired) electrons. The monoisotopic (exact) mass is 352 g/mol. The highest BCUT2D eigenvalue weighted by Crippen LogP contribution is 2.12. The Morgan fingerprint density at radius 1 is 1.20 bits per heavy atom. The number of methoxy groups -OCH3 is 1. The van der Waals surface area contributed by atoms with Crippen LogP contribution < -0.4 is 10.6 Å². The zero-order valence-corrected chi connectivity index (χ0v) is 15.0. The first-order chi connectivity index (χ1) is 11.8. The van der Waals surface area contributed by atoms with Crippen LogP contribution in [-0.2, 0) is 25.5 Å². The van der Waals surface area contributed by atoms with E-state index in [2.05, 4.69) is 10.6 Å². The smallest absolute Gasteiger partial charge is 0.328 e. The van der Waals surface area contributed by atoms with E-state index >= 15 is 0 Å². The minimum atomic E-state index is -0.995. The third-order valence-corrected chi connectivity index (χ3v) is 4.04. The Morgan fingerprint density at radius 3 is 2.36 bits per heavy atom. The first-order valence-electron chi connectivity index (χ1n) is 8.18. The first-order valence-corrected chi connectivity index (χ1v) is 8.18. The van der Waals surface area contributed by atoms with Gasteiger partial charge in [0.05, 0.1) is 7.11 Å². The zero-order valence-electron chi connectivity index (χ0n) is 15.0. The van der Waals surface area contributed by atoms with Gasteiger partial charge in [-0.3, -0.25) is 9.59 Å². The number of benzene rings is 1. The molecule has 1 rings (SSSR count). The molecule has 2 amide bonds. The second-order valence-electron chi connectivity index (χ2n) is 5.94. The average Bonchev–Trinajstić information content (AvgIpc) is 2.58. The van der Waals surface area contributed by atoms with Crippen LogP contribution in [0.4, 0.5) is 4.39 Å². The molecule has 0 aliphatic rings. The second-order valence-corrected chi connectivity index (χ2v) is 5.94. The van der Waals surface area contributed by atoms with Crippen molar-refractivity contribution in [2.45, 2.75) is 45.7 Å². The number of ether oxygens (including phenoxy) is 1. The van der Waals surface area contributed by atoms with Crippen LogP contribution in [0.2, 0.25) is 0 Å². The number of hydrogen-bond donors (Lipinski definition) is 2. The summed E-state index contributed by atoms with van der Waals surface area (Å²) >= 11 is 0. The van der Waals surface area contributed by atoms with E-state index in [0.29, 0.717) is 12.0 Å². The van der Waals surface area contributed by atoms with Crippen molar-refractivity contribution < 1.29 is 23.5 Å². The molecular formula is C18H25FN2O4. The number of nitrogens with one attached hydrogen (secondary N) is 2. The van der Waals surface area contributed by atoms with Gasteiger partial charge in [0.1, 0.15) is 17.9 Å². The highest BCUT2D eigenvalue weighted by molar-refractivity contribution is 5.90.